The lowest BCUT2D eigenvalue weighted by Crippen LogP contribution is -2.56. The molecule has 4 heterocycles. The van der Waals surface area contributed by atoms with Crippen LogP contribution in [0.15, 0.2) is 60.6 Å². The zero-order valence-electron chi connectivity index (χ0n) is 25.0. The van der Waals surface area contributed by atoms with Gasteiger partial charge in [-0.25, -0.2) is 9.59 Å². The molecule has 2 aliphatic carbocycles. The number of rotatable bonds is 5. The fourth-order valence-electron chi connectivity index (χ4n) is 8.34. The summed E-state index contributed by atoms with van der Waals surface area (Å²) in [5.41, 5.74) is 1.54. The minimum absolute atomic E-state index is 0.109. The first-order valence-electron chi connectivity index (χ1n) is 15.0. The smallest absolute Gasteiger partial charge is 0.352 e. The summed E-state index contributed by atoms with van der Waals surface area (Å²) in [7, 11) is 1.46. The highest BCUT2D eigenvalue weighted by atomic mass is 16.6. The van der Waals surface area contributed by atoms with Crippen LogP contribution in [-0.4, -0.2) is 80.0 Å². The molecule has 2 aromatic heterocycles. The normalized spacial score (nSPS) is 40.6. The summed E-state index contributed by atoms with van der Waals surface area (Å²) in [6, 6.07) is 4.85. The Hall–Kier alpha value is -3.31. The van der Waals surface area contributed by atoms with Crippen molar-refractivity contribution in [2.75, 3.05) is 7.11 Å². The third kappa shape index (κ3) is 4.58. The molecule has 43 heavy (non-hydrogen) atoms. The van der Waals surface area contributed by atoms with E-state index in [2.05, 4.69) is 17.1 Å². The van der Waals surface area contributed by atoms with E-state index in [0.29, 0.717) is 0 Å². The third-order valence-corrected chi connectivity index (χ3v) is 10.3. The van der Waals surface area contributed by atoms with Gasteiger partial charge < -0.3 is 34.1 Å². The second-order valence-electron chi connectivity index (χ2n) is 12.7. The van der Waals surface area contributed by atoms with Gasteiger partial charge in [0.15, 0.2) is 6.10 Å². The number of carbonyl (C=O) groups excluding carboxylic acids is 1. The number of carboxylic acid groups (broad SMARTS) is 1. The van der Waals surface area contributed by atoms with E-state index in [1.54, 1.807) is 36.0 Å². The highest BCUT2D eigenvalue weighted by Gasteiger charge is 2.68. The van der Waals surface area contributed by atoms with Gasteiger partial charge in [-0.15, -0.1) is 0 Å². The minimum Gasteiger partial charge on any atom is -0.477 e. The molecule has 4 aliphatic rings. The number of aromatic nitrogens is 2. The molecule has 0 amide bonds. The summed E-state index contributed by atoms with van der Waals surface area (Å²) < 4.78 is 20.3. The Morgan fingerprint density at radius 1 is 1.26 bits per heavy atom. The SMILES string of the molecule is CO[C@H]1C[C@H]2C=CC3C4[C@H](O)[C@H](C)[C@@H](n5cc(-c6cccnc6)cc5C(=O)O)[C@@H]3O[C@]42/C(C)=C/[C@@H](C)[C@@H]([C@@H](C)O)OC1=O. The first kappa shape index (κ1) is 29.7. The predicted molar refractivity (Wildman–Crippen MR) is 156 cm³/mol. The largest absolute Gasteiger partial charge is 0.477 e. The molecule has 6 rings (SSSR count). The van der Waals surface area contributed by atoms with Crippen LogP contribution in [0.2, 0.25) is 0 Å². The van der Waals surface area contributed by atoms with Crippen LogP contribution in [-0.2, 0) is 19.0 Å². The molecule has 4 bridgehead atoms. The van der Waals surface area contributed by atoms with Crippen LogP contribution in [0, 0.1) is 29.6 Å². The Morgan fingerprint density at radius 2 is 2.02 bits per heavy atom. The zero-order valence-corrected chi connectivity index (χ0v) is 25.0. The van der Waals surface area contributed by atoms with Gasteiger partial charge >= 0.3 is 11.9 Å². The van der Waals surface area contributed by atoms with Gasteiger partial charge in [0.25, 0.3) is 0 Å². The van der Waals surface area contributed by atoms with E-state index < -0.39 is 54.1 Å². The molecule has 1 saturated carbocycles. The van der Waals surface area contributed by atoms with Crippen molar-refractivity contribution in [1.82, 2.24) is 9.55 Å². The Kier molecular flexibility index (Phi) is 7.61. The Labute approximate surface area is 251 Å². The van der Waals surface area contributed by atoms with E-state index in [-0.39, 0.29) is 41.7 Å². The molecule has 1 saturated heterocycles. The van der Waals surface area contributed by atoms with E-state index in [0.717, 1.165) is 16.7 Å². The summed E-state index contributed by atoms with van der Waals surface area (Å²) in [5, 5.41) is 32.9. The lowest BCUT2D eigenvalue weighted by molar-refractivity contribution is -0.172. The second-order valence-corrected chi connectivity index (χ2v) is 12.7. The van der Waals surface area contributed by atoms with Crippen molar-refractivity contribution in [3.8, 4) is 11.1 Å². The number of ether oxygens (including phenoxy) is 3. The van der Waals surface area contributed by atoms with Gasteiger partial charge in [-0.05, 0) is 38.0 Å². The minimum atomic E-state index is -1.07. The molecular weight excluding hydrogens is 552 g/mol. The maximum absolute atomic E-state index is 13.2. The predicted octanol–water partition coefficient (Wildman–Crippen LogP) is 3.65. The summed E-state index contributed by atoms with van der Waals surface area (Å²) in [4.78, 5) is 30.0. The van der Waals surface area contributed by atoms with E-state index in [1.165, 1.54) is 7.11 Å². The Morgan fingerprint density at radius 3 is 2.67 bits per heavy atom. The highest BCUT2D eigenvalue weighted by molar-refractivity contribution is 5.88. The van der Waals surface area contributed by atoms with Crippen molar-refractivity contribution >= 4 is 11.9 Å². The van der Waals surface area contributed by atoms with Crippen molar-refractivity contribution in [3.05, 3.63) is 66.3 Å². The second kappa shape index (κ2) is 11.0. The molecule has 0 radical (unpaired) electrons. The molecule has 2 aromatic rings. The molecule has 10 heteroatoms. The van der Waals surface area contributed by atoms with Crippen molar-refractivity contribution in [2.45, 2.75) is 76.3 Å². The van der Waals surface area contributed by atoms with Crippen molar-refractivity contribution in [2.24, 2.45) is 29.6 Å². The van der Waals surface area contributed by atoms with Crippen LogP contribution >= 0.6 is 0 Å². The van der Waals surface area contributed by atoms with Gasteiger partial charge in [0.2, 0.25) is 0 Å². The van der Waals surface area contributed by atoms with Crippen LogP contribution in [0.3, 0.4) is 0 Å². The zero-order chi connectivity index (χ0) is 30.8. The lowest BCUT2D eigenvalue weighted by Gasteiger charge is -2.49. The Balaban J connectivity index is 1.49. The molecular formula is C33H40N2O8. The average Bonchev–Trinajstić information content (AvgIpc) is 3.49. The fraction of sp³-hybridized carbons (Fsp3) is 0.545. The molecule has 10 nitrogen and oxygen atoms in total. The quantitative estimate of drug-likeness (QED) is 0.351. The standard InChI is InChI=1S/C33H40N2O8/c1-16-11-17(2)33-22(13-25(41-5)32(40)42-29(16)19(4)36)8-9-23-26(33)28(37)18(3)27(30(23)43-33)35-15-21(12-24(35)31(38)39)20-7-6-10-34-14-20/h6-12,14-16,18-19,22-23,25-30,36-37H,13H2,1-5H3,(H,38,39)/b17-11+/t16-,18-,19-,22-,23?,25+,26?,27-,28-,29+,30-,33+/m1/s1. The van der Waals surface area contributed by atoms with E-state index in [1.807, 2.05) is 39.1 Å². The summed E-state index contributed by atoms with van der Waals surface area (Å²) in [5.74, 6) is -3.16. The summed E-state index contributed by atoms with van der Waals surface area (Å²) in [6.07, 6.45) is 7.67. The van der Waals surface area contributed by atoms with Gasteiger partial charge in [-0.2, -0.15) is 0 Å². The maximum Gasteiger partial charge on any atom is 0.352 e. The number of methoxy groups -OCH3 is 1. The number of hydrogen-bond donors (Lipinski definition) is 3. The number of carboxylic acids is 1. The van der Waals surface area contributed by atoms with Gasteiger partial charge in [0.05, 0.1) is 24.4 Å². The molecule has 2 fully saturated rings. The summed E-state index contributed by atoms with van der Waals surface area (Å²) >= 11 is 0. The number of esters is 1. The molecule has 2 aliphatic heterocycles. The van der Waals surface area contributed by atoms with Gasteiger partial charge in [-0.1, -0.05) is 38.1 Å². The monoisotopic (exact) mass is 592 g/mol. The van der Waals surface area contributed by atoms with Crippen molar-refractivity contribution < 1.29 is 39.1 Å². The van der Waals surface area contributed by atoms with Crippen LogP contribution in [0.25, 0.3) is 11.1 Å². The number of cyclic esters (lactones) is 1. The molecule has 2 unspecified atom stereocenters. The number of pyridine rings is 1. The number of aliphatic hydroxyl groups excluding tert-OH is 2. The van der Waals surface area contributed by atoms with Crippen LogP contribution in [0.4, 0.5) is 0 Å². The van der Waals surface area contributed by atoms with Gasteiger partial charge in [0, 0.05) is 66.4 Å². The summed E-state index contributed by atoms with van der Waals surface area (Å²) in [6.45, 7) is 7.42. The molecule has 1 spiro atoms. The first-order valence-corrected chi connectivity index (χ1v) is 15.0. The number of hydrogen-bond acceptors (Lipinski definition) is 8. The molecule has 3 N–H and O–H groups in total. The van der Waals surface area contributed by atoms with Crippen molar-refractivity contribution in [3.63, 3.8) is 0 Å². The Bertz CT molecular complexity index is 1450. The van der Waals surface area contributed by atoms with Crippen LogP contribution < -0.4 is 0 Å². The highest BCUT2D eigenvalue weighted by Crippen LogP contribution is 2.63. The van der Waals surface area contributed by atoms with Crippen molar-refractivity contribution in [1.29, 1.82) is 0 Å². The van der Waals surface area contributed by atoms with Gasteiger partial charge in [0.1, 0.15) is 17.4 Å². The lowest BCUT2D eigenvalue weighted by atomic mass is 9.57. The molecule has 12 atom stereocenters. The average molecular weight is 593 g/mol. The number of nitrogens with zero attached hydrogens (tertiary/aromatic N) is 2. The van der Waals surface area contributed by atoms with Gasteiger partial charge in [-0.3, -0.25) is 4.98 Å². The van der Waals surface area contributed by atoms with E-state index in [9.17, 15) is 24.9 Å². The first-order chi connectivity index (χ1) is 20.5. The maximum atomic E-state index is 13.2. The van der Waals surface area contributed by atoms with E-state index in [4.69, 9.17) is 14.2 Å². The van der Waals surface area contributed by atoms with E-state index >= 15 is 0 Å². The number of aliphatic hydroxyl groups is 2. The number of aromatic carboxylic acids is 1. The molecule has 0 aromatic carbocycles. The third-order valence-electron chi connectivity index (χ3n) is 10.3. The molecule has 230 valence electrons. The van der Waals surface area contributed by atoms with Crippen LogP contribution in [0.5, 0.6) is 0 Å². The van der Waals surface area contributed by atoms with Crippen LogP contribution in [0.1, 0.15) is 50.6 Å². The fourth-order valence-corrected chi connectivity index (χ4v) is 8.34. The number of carbonyl (C=O) groups is 2. The topological polar surface area (TPSA) is 140 Å².